The van der Waals surface area contributed by atoms with Crippen LogP contribution in [-0.4, -0.2) is 49.3 Å². The molecule has 2 saturated heterocycles. The molecule has 0 aliphatic carbocycles. The topological polar surface area (TPSA) is 72.5 Å². The van der Waals surface area contributed by atoms with Crippen molar-refractivity contribution in [3.63, 3.8) is 0 Å². The van der Waals surface area contributed by atoms with E-state index in [0.29, 0.717) is 13.2 Å². The third-order valence-electron chi connectivity index (χ3n) is 4.23. The van der Waals surface area contributed by atoms with Crippen molar-refractivity contribution in [3.05, 3.63) is 35.9 Å². The zero-order valence-corrected chi connectivity index (χ0v) is 15.6. The largest absolute Gasteiger partial charge is 0.433 e. The molecule has 0 amide bonds. The minimum Gasteiger partial charge on any atom is -0.433 e. The van der Waals surface area contributed by atoms with E-state index in [9.17, 15) is 4.79 Å². The van der Waals surface area contributed by atoms with E-state index < -0.39 is 36.0 Å². The minimum absolute atomic E-state index is 0.119. The molecule has 3 rings (SSSR count). The summed E-state index contributed by atoms with van der Waals surface area (Å²) < 4.78 is 34.9. The van der Waals surface area contributed by atoms with Crippen molar-refractivity contribution < 1.29 is 33.2 Å². The molecule has 1 aromatic carbocycles. The lowest BCUT2D eigenvalue weighted by Gasteiger charge is -2.33. The molecule has 26 heavy (non-hydrogen) atoms. The Morgan fingerprint density at radius 1 is 1.15 bits per heavy atom. The van der Waals surface area contributed by atoms with Crippen molar-refractivity contribution in [2.24, 2.45) is 0 Å². The van der Waals surface area contributed by atoms with Gasteiger partial charge >= 0.3 is 5.97 Å². The van der Waals surface area contributed by atoms with Crippen LogP contribution in [0.1, 0.15) is 33.3 Å². The Morgan fingerprint density at radius 2 is 1.88 bits per heavy atom. The van der Waals surface area contributed by atoms with Crippen LogP contribution in [0, 0.1) is 0 Å². The molecule has 144 valence electrons. The number of carbonyl (C=O) groups excluding carboxylic acids is 1. The summed E-state index contributed by atoms with van der Waals surface area (Å²) in [5.41, 5.74) is 1.04. The molecule has 0 spiro atoms. The standard InChI is InChI=1S/C19H26O7/c1-5-22-19(12-21-11-14-9-7-6-8-10-14)16-15(24-18(3,4)25-16)17(26-19)23-13(2)20/h6-10,15-17H,5,11-12H2,1-4H3/t15-,16+,17+,19+/m0/s1. The van der Waals surface area contributed by atoms with Gasteiger partial charge in [-0.15, -0.1) is 0 Å². The number of rotatable bonds is 7. The lowest BCUT2D eigenvalue weighted by Crippen LogP contribution is -2.49. The number of ether oxygens (including phenoxy) is 6. The fraction of sp³-hybridized carbons (Fsp3) is 0.632. The average molecular weight is 366 g/mol. The SMILES string of the molecule is CCO[C@]1(COCc2ccccc2)O[C@@H](OC(C)=O)[C@H]2OC(C)(C)O[C@H]21. The van der Waals surface area contributed by atoms with Crippen LogP contribution >= 0.6 is 0 Å². The molecule has 4 atom stereocenters. The predicted molar refractivity (Wildman–Crippen MR) is 90.9 cm³/mol. The van der Waals surface area contributed by atoms with Gasteiger partial charge in [-0.2, -0.15) is 0 Å². The molecular weight excluding hydrogens is 340 g/mol. The van der Waals surface area contributed by atoms with E-state index in [1.165, 1.54) is 6.92 Å². The fourth-order valence-corrected chi connectivity index (χ4v) is 3.32. The van der Waals surface area contributed by atoms with Gasteiger partial charge in [-0.25, -0.2) is 0 Å². The molecule has 0 saturated carbocycles. The highest BCUT2D eigenvalue weighted by molar-refractivity contribution is 5.66. The maximum atomic E-state index is 11.4. The number of carbonyl (C=O) groups is 1. The van der Waals surface area contributed by atoms with Gasteiger partial charge < -0.3 is 28.4 Å². The van der Waals surface area contributed by atoms with Gasteiger partial charge in [0.1, 0.15) is 12.7 Å². The van der Waals surface area contributed by atoms with E-state index >= 15 is 0 Å². The Labute approximate surface area is 153 Å². The fourth-order valence-electron chi connectivity index (χ4n) is 3.32. The quantitative estimate of drug-likeness (QED) is 0.686. The van der Waals surface area contributed by atoms with Crippen LogP contribution in [0.5, 0.6) is 0 Å². The zero-order chi connectivity index (χ0) is 18.8. The van der Waals surface area contributed by atoms with E-state index in [1.54, 1.807) is 13.8 Å². The van der Waals surface area contributed by atoms with Crippen LogP contribution in [0.25, 0.3) is 0 Å². The Kier molecular flexibility index (Phi) is 5.64. The molecule has 2 aliphatic rings. The summed E-state index contributed by atoms with van der Waals surface area (Å²) in [4.78, 5) is 11.4. The molecule has 1 aromatic rings. The first kappa shape index (κ1) is 19.3. The number of fused-ring (bicyclic) bond motifs is 1. The molecule has 2 aliphatic heterocycles. The van der Waals surface area contributed by atoms with Crippen molar-refractivity contribution >= 4 is 5.97 Å². The lowest BCUT2D eigenvalue weighted by atomic mass is 10.1. The third kappa shape index (κ3) is 4.07. The zero-order valence-electron chi connectivity index (χ0n) is 15.6. The van der Waals surface area contributed by atoms with Crippen molar-refractivity contribution in [3.8, 4) is 0 Å². The highest BCUT2D eigenvalue weighted by atomic mass is 16.9. The van der Waals surface area contributed by atoms with Gasteiger partial charge in [0.2, 0.25) is 12.1 Å². The first-order valence-electron chi connectivity index (χ1n) is 8.81. The van der Waals surface area contributed by atoms with Crippen LogP contribution in [0.3, 0.4) is 0 Å². The Bertz CT molecular complexity index is 618. The molecule has 7 heteroatoms. The van der Waals surface area contributed by atoms with E-state index in [0.717, 1.165) is 5.56 Å². The highest BCUT2D eigenvalue weighted by Crippen LogP contribution is 2.45. The van der Waals surface area contributed by atoms with Gasteiger partial charge in [-0.3, -0.25) is 4.79 Å². The van der Waals surface area contributed by atoms with Crippen molar-refractivity contribution in [2.45, 2.75) is 64.4 Å². The van der Waals surface area contributed by atoms with Crippen LogP contribution < -0.4 is 0 Å². The van der Waals surface area contributed by atoms with E-state index in [2.05, 4.69) is 0 Å². The first-order chi connectivity index (χ1) is 12.4. The van der Waals surface area contributed by atoms with Gasteiger partial charge in [0, 0.05) is 13.5 Å². The van der Waals surface area contributed by atoms with Crippen molar-refractivity contribution in [2.75, 3.05) is 13.2 Å². The molecule has 0 N–H and O–H groups in total. The summed E-state index contributed by atoms with van der Waals surface area (Å²) in [6.45, 7) is 7.69. The molecule has 2 heterocycles. The lowest BCUT2D eigenvalue weighted by molar-refractivity contribution is -0.331. The summed E-state index contributed by atoms with van der Waals surface area (Å²) in [6, 6.07) is 9.81. The molecule has 2 fully saturated rings. The molecule has 0 radical (unpaired) electrons. The van der Waals surface area contributed by atoms with E-state index in [-0.39, 0.29) is 6.61 Å². The molecular formula is C19H26O7. The molecule has 0 unspecified atom stereocenters. The molecule has 0 aromatic heterocycles. The van der Waals surface area contributed by atoms with Crippen LogP contribution in [0.4, 0.5) is 0 Å². The maximum Gasteiger partial charge on any atom is 0.305 e. The molecule has 7 nitrogen and oxygen atoms in total. The van der Waals surface area contributed by atoms with Gasteiger partial charge in [-0.05, 0) is 26.3 Å². The van der Waals surface area contributed by atoms with Crippen LogP contribution in [0.15, 0.2) is 30.3 Å². The normalized spacial score (nSPS) is 32.4. The van der Waals surface area contributed by atoms with Crippen molar-refractivity contribution in [1.82, 2.24) is 0 Å². The Morgan fingerprint density at radius 3 is 2.54 bits per heavy atom. The van der Waals surface area contributed by atoms with Gasteiger partial charge in [-0.1, -0.05) is 30.3 Å². The number of benzene rings is 1. The summed E-state index contributed by atoms with van der Waals surface area (Å²) >= 11 is 0. The highest BCUT2D eigenvalue weighted by Gasteiger charge is 2.65. The smallest absolute Gasteiger partial charge is 0.305 e. The Balaban J connectivity index is 1.75. The first-order valence-corrected chi connectivity index (χ1v) is 8.81. The summed E-state index contributed by atoms with van der Waals surface area (Å²) in [7, 11) is 0. The van der Waals surface area contributed by atoms with Crippen LogP contribution in [0.2, 0.25) is 0 Å². The van der Waals surface area contributed by atoms with Gasteiger partial charge in [0.05, 0.1) is 6.61 Å². The number of hydrogen-bond donors (Lipinski definition) is 0. The van der Waals surface area contributed by atoms with Gasteiger partial charge in [0.15, 0.2) is 11.9 Å². The average Bonchev–Trinajstić information content (AvgIpc) is 3.02. The monoisotopic (exact) mass is 366 g/mol. The second-order valence-electron chi connectivity index (χ2n) is 6.84. The number of esters is 1. The Hall–Kier alpha value is -1.51. The third-order valence-corrected chi connectivity index (χ3v) is 4.23. The maximum absolute atomic E-state index is 11.4. The van der Waals surface area contributed by atoms with E-state index in [1.807, 2.05) is 37.3 Å². The minimum atomic E-state index is -1.21. The predicted octanol–water partition coefficient (Wildman–Crippen LogP) is 2.38. The van der Waals surface area contributed by atoms with Crippen molar-refractivity contribution in [1.29, 1.82) is 0 Å². The molecule has 0 bridgehead atoms. The summed E-state index contributed by atoms with van der Waals surface area (Å²) in [6.07, 6.45) is -2.07. The summed E-state index contributed by atoms with van der Waals surface area (Å²) in [5.74, 6) is -2.50. The second-order valence-corrected chi connectivity index (χ2v) is 6.84. The van der Waals surface area contributed by atoms with Gasteiger partial charge in [0.25, 0.3) is 0 Å². The van der Waals surface area contributed by atoms with E-state index in [4.69, 9.17) is 28.4 Å². The van der Waals surface area contributed by atoms with Crippen LogP contribution in [-0.2, 0) is 39.8 Å². The summed E-state index contributed by atoms with van der Waals surface area (Å²) in [5, 5.41) is 0. The number of hydrogen-bond acceptors (Lipinski definition) is 7. The second kappa shape index (κ2) is 7.62.